The number of rotatable bonds is 11. The number of hydrogen-bond acceptors (Lipinski definition) is 4. The largest absolute Gasteiger partial charge is 0.379 e. The smallest absolute Gasteiger partial charge is 0.239 e. The molecule has 0 aliphatic rings. The number of nitrogens with zero attached hydrogens (tertiary/aromatic N) is 1. The molecule has 8 heteroatoms. The van der Waals surface area contributed by atoms with Crippen LogP contribution >= 0.6 is 24.0 Å². The molecule has 0 aliphatic carbocycles. The van der Waals surface area contributed by atoms with Crippen LogP contribution in [0.25, 0.3) is 0 Å². The molecule has 3 N–H and O–H groups in total. The Labute approximate surface area is 163 Å². The van der Waals surface area contributed by atoms with Gasteiger partial charge < -0.3 is 25.4 Å². The van der Waals surface area contributed by atoms with E-state index in [1.54, 1.807) is 7.05 Å². The fourth-order valence-electron chi connectivity index (χ4n) is 1.66. The number of nitrogens with one attached hydrogen (secondary N) is 3. The molecule has 0 unspecified atom stereocenters. The van der Waals surface area contributed by atoms with Crippen LogP contribution in [0.1, 0.15) is 40.5 Å². The van der Waals surface area contributed by atoms with Crippen LogP contribution in [0.2, 0.25) is 0 Å². The normalized spacial score (nSPS) is 11.6. The van der Waals surface area contributed by atoms with Crippen LogP contribution in [0, 0.1) is 0 Å². The molecular formula is C16H35IN4O3. The van der Waals surface area contributed by atoms with Crippen LogP contribution in [-0.2, 0) is 14.3 Å². The van der Waals surface area contributed by atoms with E-state index in [0.717, 1.165) is 19.4 Å². The average Bonchev–Trinajstić information content (AvgIpc) is 2.46. The number of carbonyl (C=O) groups excluding carboxylic acids is 1. The van der Waals surface area contributed by atoms with Gasteiger partial charge in [0.1, 0.15) is 0 Å². The fourth-order valence-corrected chi connectivity index (χ4v) is 1.66. The molecule has 0 aromatic carbocycles. The highest BCUT2D eigenvalue weighted by Crippen LogP contribution is 1.97. The Morgan fingerprint density at radius 1 is 1.04 bits per heavy atom. The van der Waals surface area contributed by atoms with Crippen LogP contribution < -0.4 is 16.0 Å². The molecule has 0 saturated carbocycles. The van der Waals surface area contributed by atoms with Crippen molar-refractivity contribution in [2.24, 2.45) is 4.99 Å². The van der Waals surface area contributed by atoms with Crippen LogP contribution in [0.15, 0.2) is 4.99 Å². The summed E-state index contributed by atoms with van der Waals surface area (Å²) in [7, 11) is 1.67. The molecule has 0 aromatic rings. The van der Waals surface area contributed by atoms with E-state index in [2.05, 4.69) is 27.9 Å². The SMILES string of the molecule is CCCCOCCOCCNC(=NC)NCC(=O)NC(C)(C)C.I. The molecule has 0 heterocycles. The topological polar surface area (TPSA) is 84.0 Å². The Balaban J connectivity index is 0. The van der Waals surface area contributed by atoms with Crippen LogP contribution in [0.3, 0.4) is 0 Å². The van der Waals surface area contributed by atoms with Crippen molar-refractivity contribution in [2.45, 2.75) is 46.1 Å². The van der Waals surface area contributed by atoms with Crippen LogP contribution in [0.5, 0.6) is 0 Å². The molecule has 0 saturated heterocycles. The third-order valence-corrected chi connectivity index (χ3v) is 2.71. The first-order valence-electron chi connectivity index (χ1n) is 8.30. The van der Waals surface area contributed by atoms with Crippen LogP contribution in [0.4, 0.5) is 0 Å². The fraction of sp³-hybridized carbons (Fsp3) is 0.875. The van der Waals surface area contributed by atoms with Gasteiger partial charge in [-0.2, -0.15) is 0 Å². The number of ether oxygens (including phenoxy) is 2. The maximum atomic E-state index is 11.7. The van der Waals surface area contributed by atoms with Gasteiger partial charge in [0.2, 0.25) is 5.91 Å². The highest BCUT2D eigenvalue weighted by atomic mass is 127. The predicted octanol–water partition coefficient (Wildman–Crippen LogP) is 1.52. The van der Waals surface area contributed by atoms with E-state index in [1.807, 2.05) is 20.8 Å². The number of halogens is 1. The zero-order valence-electron chi connectivity index (χ0n) is 15.7. The molecule has 0 atom stereocenters. The molecule has 1 amide bonds. The van der Waals surface area contributed by atoms with Gasteiger partial charge in [-0.25, -0.2) is 0 Å². The lowest BCUT2D eigenvalue weighted by atomic mass is 10.1. The highest BCUT2D eigenvalue weighted by Gasteiger charge is 2.13. The summed E-state index contributed by atoms with van der Waals surface area (Å²) in [4.78, 5) is 15.8. The van der Waals surface area contributed by atoms with Crippen molar-refractivity contribution in [3.63, 3.8) is 0 Å². The van der Waals surface area contributed by atoms with Crippen molar-refractivity contribution >= 4 is 35.8 Å². The quantitative estimate of drug-likeness (QED) is 0.189. The molecule has 0 aliphatic heterocycles. The van der Waals surface area contributed by atoms with Gasteiger partial charge in [0.25, 0.3) is 0 Å². The monoisotopic (exact) mass is 458 g/mol. The summed E-state index contributed by atoms with van der Waals surface area (Å²) < 4.78 is 10.9. The molecular weight excluding hydrogens is 423 g/mol. The molecule has 0 fully saturated rings. The minimum absolute atomic E-state index is 0. The molecule has 0 spiro atoms. The molecule has 0 aromatic heterocycles. The molecule has 7 nitrogen and oxygen atoms in total. The second kappa shape index (κ2) is 15.9. The number of unbranched alkanes of at least 4 members (excludes halogenated alkanes) is 1. The van der Waals surface area contributed by atoms with Gasteiger partial charge in [-0.1, -0.05) is 13.3 Å². The first kappa shape index (κ1) is 25.6. The Bertz CT molecular complexity index is 347. The maximum absolute atomic E-state index is 11.7. The van der Waals surface area contributed by atoms with E-state index in [4.69, 9.17) is 9.47 Å². The van der Waals surface area contributed by atoms with Crippen molar-refractivity contribution < 1.29 is 14.3 Å². The van der Waals surface area contributed by atoms with E-state index in [-0.39, 0.29) is 42.0 Å². The molecule has 144 valence electrons. The number of amides is 1. The van der Waals surface area contributed by atoms with Gasteiger partial charge in [0.15, 0.2) is 5.96 Å². The Hall–Kier alpha value is -0.610. The van der Waals surface area contributed by atoms with Gasteiger partial charge >= 0.3 is 0 Å². The van der Waals surface area contributed by atoms with Gasteiger partial charge in [0, 0.05) is 25.7 Å². The van der Waals surface area contributed by atoms with E-state index < -0.39 is 0 Å². The predicted molar refractivity (Wildman–Crippen MR) is 109 cm³/mol. The van der Waals surface area contributed by atoms with E-state index in [0.29, 0.717) is 32.3 Å². The van der Waals surface area contributed by atoms with Crippen molar-refractivity contribution in [1.82, 2.24) is 16.0 Å². The second-order valence-corrected chi connectivity index (χ2v) is 6.23. The third kappa shape index (κ3) is 17.7. The lowest BCUT2D eigenvalue weighted by molar-refractivity contribution is -0.121. The Kier molecular flexibility index (Phi) is 17.0. The average molecular weight is 458 g/mol. The van der Waals surface area contributed by atoms with E-state index in [1.165, 1.54) is 0 Å². The molecule has 24 heavy (non-hydrogen) atoms. The summed E-state index contributed by atoms with van der Waals surface area (Å²) in [5.41, 5.74) is -0.233. The number of hydrogen-bond donors (Lipinski definition) is 3. The highest BCUT2D eigenvalue weighted by molar-refractivity contribution is 14.0. The second-order valence-electron chi connectivity index (χ2n) is 6.23. The zero-order chi connectivity index (χ0) is 17.6. The summed E-state index contributed by atoms with van der Waals surface area (Å²) in [5, 5.41) is 8.94. The standard InChI is InChI=1S/C16H34N4O3.HI/c1-6-7-9-22-11-12-23-10-8-18-15(17-5)19-13-14(21)20-16(2,3)4;/h6-13H2,1-5H3,(H,20,21)(H2,17,18,19);1H. The van der Waals surface area contributed by atoms with Crippen molar-refractivity contribution in [2.75, 3.05) is 46.6 Å². The molecule has 0 radical (unpaired) electrons. The summed E-state index contributed by atoms with van der Waals surface area (Å²) in [5.74, 6) is 0.512. The minimum atomic E-state index is -0.233. The first-order chi connectivity index (χ1) is 10.9. The van der Waals surface area contributed by atoms with Gasteiger partial charge in [-0.05, 0) is 27.2 Å². The van der Waals surface area contributed by atoms with E-state index >= 15 is 0 Å². The summed E-state index contributed by atoms with van der Waals surface area (Å²) in [6, 6.07) is 0. The first-order valence-corrected chi connectivity index (χ1v) is 8.30. The molecule has 0 rings (SSSR count). The summed E-state index contributed by atoms with van der Waals surface area (Å²) in [6.45, 7) is 11.4. The van der Waals surface area contributed by atoms with E-state index in [9.17, 15) is 4.79 Å². The third-order valence-electron chi connectivity index (χ3n) is 2.71. The zero-order valence-corrected chi connectivity index (χ0v) is 18.1. The number of aliphatic imine (C=N–C) groups is 1. The Morgan fingerprint density at radius 3 is 2.21 bits per heavy atom. The minimum Gasteiger partial charge on any atom is -0.379 e. The maximum Gasteiger partial charge on any atom is 0.239 e. The van der Waals surface area contributed by atoms with Crippen molar-refractivity contribution in [1.29, 1.82) is 0 Å². The lowest BCUT2D eigenvalue weighted by Crippen LogP contribution is -2.48. The van der Waals surface area contributed by atoms with Crippen molar-refractivity contribution in [3.8, 4) is 0 Å². The van der Waals surface area contributed by atoms with Gasteiger partial charge in [-0.3, -0.25) is 9.79 Å². The summed E-state index contributed by atoms with van der Waals surface area (Å²) in [6.07, 6.45) is 2.23. The van der Waals surface area contributed by atoms with Crippen molar-refractivity contribution in [3.05, 3.63) is 0 Å². The van der Waals surface area contributed by atoms with Gasteiger partial charge in [-0.15, -0.1) is 24.0 Å². The van der Waals surface area contributed by atoms with Gasteiger partial charge in [0.05, 0.1) is 26.4 Å². The summed E-state index contributed by atoms with van der Waals surface area (Å²) >= 11 is 0. The number of guanidine groups is 1. The number of carbonyl (C=O) groups is 1. The Morgan fingerprint density at radius 2 is 1.67 bits per heavy atom. The lowest BCUT2D eigenvalue weighted by Gasteiger charge is -2.21. The molecule has 0 bridgehead atoms. The van der Waals surface area contributed by atoms with Crippen LogP contribution in [-0.4, -0.2) is 64.0 Å².